The Balaban J connectivity index is 1.32. The largest absolute Gasteiger partial charge is 0.486 e. The second-order valence-corrected chi connectivity index (χ2v) is 6.65. The number of nitrogens with zero attached hydrogens (tertiary/aromatic N) is 2. The molecule has 0 radical (unpaired) electrons. The van der Waals surface area contributed by atoms with Crippen molar-refractivity contribution < 1.29 is 9.47 Å². The molecule has 7 nitrogen and oxygen atoms in total. The van der Waals surface area contributed by atoms with Gasteiger partial charge in [-0.1, -0.05) is 6.07 Å². The van der Waals surface area contributed by atoms with Gasteiger partial charge in [-0.05, 0) is 30.2 Å². The molecule has 1 aromatic heterocycles. The van der Waals surface area contributed by atoms with Crippen LogP contribution in [0.2, 0.25) is 0 Å². The predicted molar refractivity (Wildman–Crippen MR) is 94.6 cm³/mol. The number of ether oxygens (including phenoxy) is 2. The first-order valence-corrected chi connectivity index (χ1v) is 8.87. The second-order valence-electron chi connectivity index (χ2n) is 6.65. The van der Waals surface area contributed by atoms with E-state index in [2.05, 4.69) is 46.5 Å². The Hall–Kier alpha value is -2.09. The first-order chi connectivity index (χ1) is 12.3. The fraction of sp³-hybridized carbons (Fsp3) is 0.500. The van der Waals surface area contributed by atoms with Gasteiger partial charge in [-0.3, -0.25) is 10.1 Å². The minimum absolute atomic E-state index is 0.260. The SMILES string of the molecule is Cc1cnn(CCNCC2CNNC2c2ccc3c(c2)OCCO3)c1. The molecular formula is C18H25N5O2. The van der Waals surface area contributed by atoms with E-state index in [1.165, 1.54) is 11.1 Å². The van der Waals surface area contributed by atoms with Gasteiger partial charge in [-0.2, -0.15) is 5.10 Å². The minimum atomic E-state index is 0.260. The molecule has 0 saturated carbocycles. The molecule has 3 heterocycles. The average Bonchev–Trinajstić information content (AvgIpc) is 3.27. The third-order valence-electron chi connectivity index (χ3n) is 4.71. The molecule has 2 atom stereocenters. The summed E-state index contributed by atoms with van der Waals surface area (Å²) in [6.45, 7) is 6.97. The first kappa shape index (κ1) is 16.4. The zero-order valence-corrected chi connectivity index (χ0v) is 14.5. The van der Waals surface area contributed by atoms with Crippen molar-refractivity contribution in [2.24, 2.45) is 5.92 Å². The molecule has 1 fully saturated rings. The molecule has 134 valence electrons. The lowest BCUT2D eigenvalue weighted by Crippen LogP contribution is -2.30. The maximum atomic E-state index is 5.71. The van der Waals surface area contributed by atoms with Crippen LogP contribution in [-0.2, 0) is 6.54 Å². The van der Waals surface area contributed by atoms with E-state index in [1.54, 1.807) is 0 Å². The number of nitrogens with one attached hydrogen (secondary N) is 3. The zero-order valence-electron chi connectivity index (χ0n) is 14.5. The number of aryl methyl sites for hydroxylation is 1. The van der Waals surface area contributed by atoms with Gasteiger partial charge in [0.1, 0.15) is 13.2 Å². The normalized spacial score (nSPS) is 22.3. The van der Waals surface area contributed by atoms with Crippen LogP contribution >= 0.6 is 0 Å². The van der Waals surface area contributed by atoms with Gasteiger partial charge in [0.25, 0.3) is 0 Å². The lowest BCUT2D eigenvalue weighted by molar-refractivity contribution is 0.171. The highest BCUT2D eigenvalue weighted by Gasteiger charge is 2.29. The van der Waals surface area contributed by atoms with Crippen LogP contribution in [0.3, 0.4) is 0 Å². The van der Waals surface area contributed by atoms with Crippen LogP contribution in [-0.4, -0.2) is 42.6 Å². The van der Waals surface area contributed by atoms with Gasteiger partial charge in [0.05, 0.1) is 18.8 Å². The number of hydrogen-bond donors (Lipinski definition) is 3. The smallest absolute Gasteiger partial charge is 0.161 e. The highest BCUT2D eigenvalue weighted by Crippen LogP contribution is 2.35. The van der Waals surface area contributed by atoms with Crippen molar-refractivity contribution in [2.75, 3.05) is 32.8 Å². The van der Waals surface area contributed by atoms with Gasteiger partial charge in [0.2, 0.25) is 0 Å². The van der Waals surface area contributed by atoms with Crippen molar-refractivity contribution in [2.45, 2.75) is 19.5 Å². The monoisotopic (exact) mass is 343 g/mol. The number of rotatable bonds is 6. The lowest BCUT2D eigenvalue weighted by atomic mass is 9.94. The van der Waals surface area contributed by atoms with Gasteiger partial charge < -0.3 is 14.8 Å². The van der Waals surface area contributed by atoms with Gasteiger partial charge in [0, 0.05) is 31.7 Å². The van der Waals surface area contributed by atoms with Crippen molar-refractivity contribution in [3.05, 3.63) is 41.7 Å². The molecule has 25 heavy (non-hydrogen) atoms. The molecule has 2 aliphatic rings. The van der Waals surface area contributed by atoms with E-state index >= 15 is 0 Å². The maximum absolute atomic E-state index is 5.71. The van der Waals surface area contributed by atoms with Crippen LogP contribution in [0.5, 0.6) is 11.5 Å². The van der Waals surface area contributed by atoms with Crippen LogP contribution < -0.4 is 25.6 Å². The van der Waals surface area contributed by atoms with E-state index in [0.717, 1.165) is 37.7 Å². The number of aromatic nitrogens is 2. The highest BCUT2D eigenvalue weighted by atomic mass is 16.6. The molecule has 0 spiro atoms. The van der Waals surface area contributed by atoms with Gasteiger partial charge in [-0.15, -0.1) is 0 Å². The second kappa shape index (κ2) is 7.43. The molecular weight excluding hydrogens is 318 g/mol. The molecule has 2 aliphatic heterocycles. The molecule has 0 aliphatic carbocycles. The molecule has 2 aromatic rings. The molecule has 7 heteroatoms. The van der Waals surface area contributed by atoms with Crippen molar-refractivity contribution in [3.8, 4) is 11.5 Å². The predicted octanol–water partition coefficient (Wildman–Crippen LogP) is 1.02. The topological polar surface area (TPSA) is 72.4 Å². The van der Waals surface area contributed by atoms with Crippen molar-refractivity contribution in [3.63, 3.8) is 0 Å². The lowest BCUT2D eigenvalue weighted by Gasteiger charge is -2.23. The Labute approximate surface area is 147 Å². The number of hydrazine groups is 1. The summed E-state index contributed by atoms with van der Waals surface area (Å²) in [5, 5.41) is 7.87. The Kier molecular flexibility index (Phi) is 4.87. The summed E-state index contributed by atoms with van der Waals surface area (Å²) in [4.78, 5) is 0. The molecule has 4 rings (SSSR count). The van der Waals surface area contributed by atoms with Crippen LogP contribution in [0.4, 0.5) is 0 Å². The van der Waals surface area contributed by atoms with Gasteiger partial charge in [0.15, 0.2) is 11.5 Å². The van der Waals surface area contributed by atoms with Gasteiger partial charge in [-0.25, -0.2) is 5.43 Å². The van der Waals surface area contributed by atoms with Crippen LogP contribution in [0.1, 0.15) is 17.2 Å². The van der Waals surface area contributed by atoms with Crippen molar-refractivity contribution in [1.82, 2.24) is 25.9 Å². The van der Waals surface area contributed by atoms with Gasteiger partial charge >= 0.3 is 0 Å². The number of benzene rings is 1. The van der Waals surface area contributed by atoms with E-state index < -0.39 is 0 Å². The molecule has 0 bridgehead atoms. The molecule has 2 unspecified atom stereocenters. The molecule has 1 aromatic carbocycles. The van der Waals surface area contributed by atoms with E-state index in [9.17, 15) is 0 Å². The Morgan fingerprint density at radius 3 is 3.00 bits per heavy atom. The molecule has 3 N–H and O–H groups in total. The Bertz CT molecular complexity index is 717. The fourth-order valence-electron chi connectivity index (χ4n) is 3.40. The van der Waals surface area contributed by atoms with E-state index in [4.69, 9.17) is 9.47 Å². The number of fused-ring (bicyclic) bond motifs is 1. The molecule has 1 saturated heterocycles. The quantitative estimate of drug-likeness (QED) is 0.680. The zero-order chi connectivity index (χ0) is 17.1. The summed E-state index contributed by atoms with van der Waals surface area (Å²) in [6.07, 6.45) is 3.96. The van der Waals surface area contributed by atoms with E-state index in [-0.39, 0.29) is 6.04 Å². The summed E-state index contributed by atoms with van der Waals surface area (Å²) >= 11 is 0. The standard InChI is InChI=1S/C18H25N5O2/c1-13-9-21-23(12-13)5-4-19-10-15-11-20-22-18(15)14-2-3-16-17(8-14)25-7-6-24-16/h2-3,8-9,12,15,18-20,22H,4-7,10-11H2,1H3. The third-order valence-corrected chi connectivity index (χ3v) is 4.71. The molecule has 0 amide bonds. The van der Waals surface area contributed by atoms with E-state index in [0.29, 0.717) is 19.1 Å². The van der Waals surface area contributed by atoms with E-state index in [1.807, 2.05) is 16.9 Å². The fourth-order valence-corrected chi connectivity index (χ4v) is 3.40. The van der Waals surface area contributed by atoms with Crippen molar-refractivity contribution in [1.29, 1.82) is 0 Å². The average molecular weight is 343 g/mol. The Morgan fingerprint density at radius 2 is 2.16 bits per heavy atom. The summed E-state index contributed by atoms with van der Waals surface area (Å²) in [5.74, 6) is 2.16. The maximum Gasteiger partial charge on any atom is 0.161 e. The van der Waals surface area contributed by atoms with Crippen LogP contribution in [0, 0.1) is 12.8 Å². The summed E-state index contributed by atoms with van der Waals surface area (Å²) in [5.41, 5.74) is 9.09. The number of hydrogen-bond acceptors (Lipinski definition) is 6. The first-order valence-electron chi connectivity index (χ1n) is 8.87. The summed E-state index contributed by atoms with van der Waals surface area (Å²) in [6, 6.07) is 6.49. The summed E-state index contributed by atoms with van der Waals surface area (Å²) in [7, 11) is 0. The van der Waals surface area contributed by atoms with Crippen LogP contribution in [0.15, 0.2) is 30.6 Å². The van der Waals surface area contributed by atoms with Crippen LogP contribution in [0.25, 0.3) is 0 Å². The third kappa shape index (κ3) is 3.78. The summed E-state index contributed by atoms with van der Waals surface area (Å²) < 4.78 is 13.3. The highest BCUT2D eigenvalue weighted by molar-refractivity contribution is 5.45. The van der Waals surface area contributed by atoms with Crippen molar-refractivity contribution >= 4 is 0 Å². The Morgan fingerprint density at radius 1 is 1.28 bits per heavy atom. The minimum Gasteiger partial charge on any atom is -0.486 e.